The van der Waals surface area contributed by atoms with Gasteiger partial charge in [0.15, 0.2) is 11.5 Å². The topological polar surface area (TPSA) is 131 Å². The number of ether oxygens (including phenoxy) is 2. The van der Waals surface area contributed by atoms with Gasteiger partial charge in [-0.1, -0.05) is 24.3 Å². The van der Waals surface area contributed by atoms with Crippen molar-refractivity contribution in [2.24, 2.45) is 0 Å². The summed E-state index contributed by atoms with van der Waals surface area (Å²) >= 11 is 2.38. The van der Waals surface area contributed by atoms with E-state index in [9.17, 15) is 18.5 Å². The first kappa shape index (κ1) is 25.2. The highest BCUT2D eigenvalue weighted by Crippen LogP contribution is 2.29. The second-order valence-corrected chi connectivity index (χ2v) is 10.5. The van der Waals surface area contributed by atoms with E-state index in [0.29, 0.717) is 35.2 Å². The van der Waals surface area contributed by atoms with Gasteiger partial charge in [-0.2, -0.15) is 14.6 Å². The van der Waals surface area contributed by atoms with Crippen LogP contribution in [0.4, 0.5) is 5.13 Å². The van der Waals surface area contributed by atoms with Crippen LogP contribution in [0, 0.1) is 11.3 Å². The van der Waals surface area contributed by atoms with Crippen LogP contribution in [-0.4, -0.2) is 49.4 Å². The highest BCUT2D eigenvalue weighted by atomic mass is 32.2. The van der Waals surface area contributed by atoms with E-state index in [-0.39, 0.29) is 10.7 Å². The molecule has 3 rings (SSSR count). The smallest absolute Gasteiger partial charge is 0.268 e. The van der Waals surface area contributed by atoms with Gasteiger partial charge in [0, 0.05) is 28.4 Å². The number of benzene rings is 2. The zero-order chi connectivity index (χ0) is 24.6. The molecule has 34 heavy (non-hydrogen) atoms. The minimum atomic E-state index is -3.60. The normalized spacial score (nSPS) is 11.5. The van der Waals surface area contributed by atoms with E-state index in [1.165, 1.54) is 13.2 Å². The molecule has 176 valence electrons. The molecule has 1 N–H and O–H groups in total. The summed E-state index contributed by atoms with van der Waals surface area (Å²) in [7, 11) is -2.10. The van der Waals surface area contributed by atoms with Gasteiger partial charge in [0.1, 0.15) is 11.6 Å². The Balaban J connectivity index is 1.65. The van der Waals surface area contributed by atoms with Crippen molar-refractivity contribution < 1.29 is 22.7 Å². The molecule has 0 saturated heterocycles. The molecule has 0 aliphatic heterocycles. The molecule has 1 amide bonds. The Bertz CT molecular complexity index is 1330. The molecular formula is C22H20N4O5S3. The van der Waals surface area contributed by atoms with Crippen LogP contribution in [-0.2, 0) is 14.6 Å². The number of hydrogen-bond donors (Lipinski definition) is 1. The monoisotopic (exact) mass is 516 g/mol. The summed E-state index contributed by atoms with van der Waals surface area (Å²) in [6.07, 6.45) is 2.34. The molecule has 1 aromatic heterocycles. The predicted molar refractivity (Wildman–Crippen MR) is 131 cm³/mol. The van der Waals surface area contributed by atoms with E-state index in [0.717, 1.165) is 16.9 Å². The van der Waals surface area contributed by atoms with Crippen LogP contribution in [0.15, 0.2) is 64.2 Å². The average Bonchev–Trinajstić information content (AvgIpc) is 3.30. The van der Waals surface area contributed by atoms with E-state index in [2.05, 4.69) is 14.7 Å². The van der Waals surface area contributed by atoms with Crippen molar-refractivity contribution in [3.63, 3.8) is 0 Å². The first-order valence-corrected chi connectivity index (χ1v) is 13.4. The standard InChI is InChI=1S/C22H20N4O5S3/c1-30-19-13-15(8-9-18(19)31-10-11-32-17-6-4-3-5-7-17)12-16(14-23)20(27)24-21-25-22(26-33-21)34(2,28)29/h3-9,12-13H,10-11H2,1-2H3,(H,24,25,26,27). The largest absolute Gasteiger partial charge is 0.493 e. The maximum atomic E-state index is 12.4. The fourth-order valence-electron chi connectivity index (χ4n) is 2.61. The molecule has 0 radical (unpaired) electrons. The Hall–Kier alpha value is -3.40. The van der Waals surface area contributed by atoms with Gasteiger partial charge in [-0.05, 0) is 35.9 Å². The van der Waals surface area contributed by atoms with Gasteiger partial charge >= 0.3 is 0 Å². The second-order valence-electron chi connectivity index (χ2n) is 6.70. The molecule has 0 spiro atoms. The highest BCUT2D eigenvalue weighted by Gasteiger charge is 2.17. The molecule has 0 fully saturated rings. The highest BCUT2D eigenvalue weighted by molar-refractivity contribution is 7.99. The third-order valence-corrected chi connectivity index (χ3v) is 6.74. The second kappa shape index (κ2) is 11.6. The summed E-state index contributed by atoms with van der Waals surface area (Å²) in [6.45, 7) is 0.467. The van der Waals surface area contributed by atoms with E-state index in [1.807, 2.05) is 36.4 Å². The third kappa shape index (κ3) is 7.05. The first-order valence-electron chi connectivity index (χ1n) is 9.75. The van der Waals surface area contributed by atoms with Gasteiger partial charge in [0.25, 0.3) is 11.1 Å². The number of aromatic nitrogens is 2. The van der Waals surface area contributed by atoms with Crippen LogP contribution in [0.25, 0.3) is 6.08 Å². The van der Waals surface area contributed by atoms with Crippen molar-refractivity contribution in [3.05, 3.63) is 59.7 Å². The van der Waals surface area contributed by atoms with Gasteiger partial charge in [0.05, 0.1) is 13.7 Å². The van der Waals surface area contributed by atoms with E-state index < -0.39 is 20.9 Å². The number of nitriles is 1. The molecule has 0 aliphatic carbocycles. The molecule has 0 saturated carbocycles. The third-order valence-electron chi connectivity index (χ3n) is 4.18. The SMILES string of the molecule is COc1cc(C=C(C#N)C(=O)Nc2nc(S(C)(=O)=O)ns2)ccc1OCCSc1ccccc1. The fourth-order valence-corrected chi connectivity index (χ4v) is 4.80. The summed E-state index contributed by atoms with van der Waals surface area (Å²) < 4.78 is 37.9. The summed E-state index contributed by atoms with van der Waals surface area (Å²) in [4.78, 5) is 17.4. The van der Waals surface area contributed by atoms with Crippen molar-refractivity contribution >= 4 is 50.2 Å². The molecule has 2 aromatic carbocycles. The number of nitrogens with one attached hydrogen (secondary N) is 1. The Morgan fingerprint density at radius 1 is 1.24 bits per heavy atom. The van der Waals surface area contributed by atoms with Crippen LogP contribution in [0.2, 0.25) is 0 Å². The number of rotatable bonds is 10. The number of methoxy groups -OCH3 is 1. The molecule has 1 heterocycles. The number of carbonyl (C=O) groups excluding carboxylic acids is 1. The van der Waals surface area contributed by atoms with Gasteiger partial charge in [-0.3, -0.25) is 10.1 Å². The zero-order valence-electron chi connectivity index (χ0n) is 18.2. The Kier molecular flexibility index (Phi) is 8.64. The van der Waals surface area contributed by atoms with Crippen LogP contribution >= 0.6 is 23.3 Å². The maximum Gasteiger partial charge on any atom is 0.268 e. The van der Waals surface area contributed by atoms with Crippen LogP contribution in [0.3, 0.4) is 0 Å². The number of amides is 1. The van der Waals surface area contributed by atoms with Crippen molar-refractivity contribution in [1.82, 2.24) is 9.36 Å². The van der Waals surface area contributed by atoms with Crippen molar-refractivity contribution in [1.29, 1.82) is 5.26 Å². The van der Waals surface area contributed by atoms with E-state index >= 15 is 0 Å². The molecule has 3 aromatic rings. The van der Waals surface area contributed by atoms with Gasteiger partial charge in [-0.15, -0.1) is 11.8 Å². The zero-order valence-corrected chi connectivity index (χ0v) is 20.7. The van der Waals surface area contributed by atoms with Gasteiger partial charge < -0.3 is 9.47 Å². The minimum absolute atomic E-state index is 0.0266. The fraction of sp³-hybridized carbons (Fsp3) is 0.182. The summed E-state index contributed by atoms with van der Waals surface area (Å²) in [6, 6.07) is 16.9. The molecule has 0 aliphatic rings. The first-order chi connectivity index (χ1) is 16.3. The number of hydrogen-bond acceptors (Lipinski definition) is 10. The Morgan fingerprint density at radius 2 is 2.00 bits per heavy atom. The van der Waals surface area contributed by atoms with Gasteiger partial charge in [0.2, 0.25) is 15.0 Å². The van der Waals surface area contributed by atoms with Gasteiger partial charge in [-0.25, -0.2) is 8.42 Å². The summed E-state index contributed by atoms with van der Waals surface area (Å²) in [5.74, 6) is 1.01. The lowest BCUT2D eigenvalue weighted by atomic mass is 10.1. The molecule has 9 nitrogen and oxygen atoms in total. The molecule has 0 unspecified atom stereocenters. The van der Waals surface area contributed by atoms with Crippen molar-refractivity contribution in [3.8, 4) is 17.6 Å². The lowest BCUT2D eigenvalue weighted by Gasteiger charge is -2.11. The van der Waals surface area contributed by atoms with E-state index in [4.69, 9.17) is 9.47 Å². The van der Waals surface area contributed by atoms with Crippen LogP contribution in [0.5, 0.6) is 11.5 Å². The molecule has 12 heteroatoms. The number of nitrogens with zero attached hydrogens (tertiary/aromatic N) is 3. The number of carbonyl (C=O) groups is 1. The van der Waals surface area contributed by atoms with Crippen molar-refractivity contribution in [2.45, 2.75) is 10.1 Å². The minimum Gasteiger partial charge on any atom is -0.493 e. The lowest BCUT2D eigenvalue weighted by molar-refractivity contribution is -0.112. The summed E-state index contributed by atoms with van der Waals surface area (Å²) in [5.41, 5.74) is 0.342. The average molecular weight is 517 g/mol. The number of anilines is 1. The summed E-state index contributed by atoms with van der Waals surface area (Å²) in [5, 5.41) is 11.4. The van der Waals surface area contributed by atoms with Crippen LogP contribution < -0.4 is 14.8 Å². The lowest BCUT2D eigenvalue weighted by Crippen LogP contribution is -2.13. The maximum absolute atomic E-state index is 12.4. The van der Waals surface area contributed by atoms with Crippen LogP contribution in [0.1, 0.15) is 5.56 Å². The number of sulfone groups is 1. The molecule has 0 atom stereocenters. The van der Waals surface area contributed by atoms with E-state index in [1.54, 1.807) is 30.0 Å². The number of thioether (sulfide) groups is 1. The quantitative estimate of drug-likeness (QED) is 0.186. The Labute approximate surface area is 205 Å². The Morgan fingerprint density at radius 3 is 2.65 bits per heavy atom. The molecule has 0 bridgehead atoms. The predicted octanol–water partition coefficient (Wildman–Crippen LogP) is 3.67. The van der Waals surface area contributed by atoms with Crippen molar-refractivity contribution in [2.75, 3.05) is 31.0 Å². The molecular weight excluding hydrogens is 496 g/mol.